The van der Waals surface area contributed by atoms with Crippen LogP contribution in [0.3, 0.4) is 0 Å². The molecule has 0 heterocycles. The zero-order valence-corrected chi connectivity index (χ0v) is 19.2. The molecule has 8 atom stereocenters. The summed E-state index contributed by atoms with van der Waals surface area (Å²) >= 11 is 0. The van der Waals surface area contributed by atoms with Gasteiger partial charge in [0, 0.05) is 0 Å². The van der Waals surface area contributed by atoms with Gasteiger partial charge in [-0.05, 0) is 105 Å². The molecular weight excluding hydrogens is 340 g/mol. The van der Waals surface area contributed by atoms with Gasteiger partial charge in [0.15, 0.2) is 0 Å². The van der Waals surface area contributed by atoms with E-state index in [2.05, 4.69) is 20.8 Å². The maximum absolute atomic E-state index is 10.2. The molecule has 2 unspecified atom stereocenters. The summed E-state index contributed by atoms with van der Waals surface area (Å²) in [6.07, 6.45) is 22.6. The van der Waals surface area contributed by atoms with Crippen molar-refractivity contribution < 1.29 is 5.11 Å². The maximum Gasteiger partial charge on any atom is 0.0543 e. The highest BCUT2D eigenvalue weighted by Gasteiger charge is 2.59. The molecule has 4 aliphatic carbocycles. The molecule has 0 amide bonds. The lowest BCUT2D eigenvalue weighted by molar-refractivity contribution is -0.127. The van der Waals surface area contributed by atoms with Gasteiger partial charge in [-0.25, -0.2) is 0 Å². The van der Waals surface area contributed by atoms with E-state index >= 15 is 0 Å². The van der Waals surface area contributed by atoms with E-state index in [9.17, 15) is 5.11 Å². The first-order valence-corrected chi connectivity index (χ1v) is 13.2. The summed E-state index contributed by atoms with van der Waals surface area (Å²) in [5, 5.41) is 10.2. The van der Waals surface area contributed by atoms with E-state index in [0.29, 0.717) is 10.8 Å². The van der Waals surface area contributed by atoms with Crippen LogP contribution in [-0.2, 0) is 0 Å². The van der Waals surface area contributed by atoms with E-state index in [1.165, 1.54) is 89.9 Å². The molecule has 162 valence electrons. The molecule has 0 spiro atoms. The quantitative estimate of drug-likeness (QED) is 0.442. The maximum atomic E-state index is 10.2. The molecule has 0 aromatic rings. The number of unbranched alkanes of at least 4 members (excludes halogenated alkanes) is 5. The molecule has 4 rings (SSSR count). The van der Waals surface area contributed by atoms with Gasteiger partial charge in [-0.2, -0.15) is 0 Å². The molecule has 1 N–H and O–H groups in total. The lowest BCUT2D eigenvalue weighted by Crippen LogP contribution is -2.53. The number of fused-ring (bicyclic) bond motifs is 5. The first-order valence-electron chi connectivity index (χ1n) is 13.2. The van der Waals surface area contributed by atoms with E-state index in [0.717, 1.165) is 42.4 Å². The second-order valence-electron chi connectivity index (χ2n) is 12.0. The van der Waals surface area contributed by atoms with Gasteiger partial charge in [0.1, 0.15) is 0 Å². The fraction of sp³-hybridized carbons (Fsp3) is 1.00. The monoisotopic (exact) mass is 388 g/mol. The molecule has 4 fully saturated rings. The van der Waals surface area contributed by atoms with Crippen molar-refractivity contribution in [1.29, 1.82) is 0 Å². The SMILES string of the molecule is CCCCCCCCC1CC[C@H]2[C@@H]3CC[C@H]4CC(O)CC[C@]4(C)[C@H]3CC[C@]12C. The predicted octanol–water partition coefficient (Wildman–Crippen LogP) is 7.76. The highest BCUT2D eigenvalue weighted by molar-refractivity contribution is 5.09. The molecule has 0 bridgehead atoms. The lowest BCUT2D eigenvalue weighted by Gasteiger charge is -2.61. The van der Waals surface area contributed by atoms with Crippen molar-refractivity contribution in [3.8, 4) is 0 Å². The van der Waals surface area contributed by atoms with E-state index in [4.69, 9.17) is 0 Å². The molecule has 1 nitrogen and oxygen atoms in total. The van der Waals surface area contributed by atoms with E-state index in [1.807, 2.05) is 0 Å². The first-order chi connectivity index (χ1) is 13.5. The molecule has 28 heavy (non-hydrogen) atoms. The van der Waals surface area contributed by atoms with Gasteiger partial charge >= 0.3 is 0 Å². The standard InChI is InChI=1S/C27H48O/c1-4-5-6-7-8-9-10-20-12-14-24-23-13-11-21-19-22(28)15-17-27(21,3)25(23)16-18-26(20,24)2/h20-25,28H,4-19H2,1-3H3/t20?,21-,22?,23-,24-,25-,26+,27-/m0/s1. The Morgan fingerprint density at radius 2 is 1.46 bits per heavy atom. The summed E-state index contributed by atoms with van der Waals surface area (Å²) in [7, 11) is 0. The van der Waals surface area contributed by atoms with Gasteiger partial charge in [0.25, 0.3) is 0 Å². The largest absolute Gasteiger partial charge is 0.393 e. The molecule has 0 aromatic heterocycles. The highest BCUT2D eigenvalue weighted by atomic mass is 16.3. The Balaban J connectivity index is 1.37. The van der Waals surface area contributed by atoms with Gasteiger partial charge in [-0.1, -0.05) is 59.3 Å². The van der Waals surface area contributed by atoms with Gasteiger partial charge in [-0.3, -0.25) is 0 Å². The summed E-state index contributed by atoms with van der Waals surface area (Å²) in [6.45, 7) is 7.66. The second kappa shape index (κ2) is 8.60. The van der Waals surface area contributed by atoms with Crippen molar-refractivity contribution in [2.45, 2.75) is 130 Å². The summed E-state index contributed by atoms with van der Waals surface area (Å²) in [6, 6.07) is 0. The minimum Gasteiger partial charge on any atom is -0.393 e. The van der Waals surface area contributed by atoms with Gasteiger partial charge in [0.2, 0.25) is 0 Å². The summed E-state index contributed by atoms with van der Waals surface area (Å²) < 4.78 is 0. The van der Waals surface area contributed by atoms with Crippen LogP contribution >= 0.6 is 0 Å². The number of rotatable bonds is 7. The molecule has 1 heteroatoms. The molecule has 4 aliphatic rings. The van der Waals surface area contributed by atoms with Crippen LogP contribution in [0.15, 0.2) is 0 Å². The van der Waals surface area contributed by atoms with Crippen molar-refractivity contribution in [2.24, 2.45) is 40.4 Å². The van der Waals surface area contributed by atoms with Gasteiger partial charge < -0.3 is 5.11 Å². The van der Waals surface area contributed by atoms with Crippen LogP contribution in [0.5, 0.6) is 0 Å². The number of aliphatic hydroxyl groups excluding tert-OH is 1. The van der Waals surface area contributed by atoms with E-state index < -0.39 is 0 Å². The first kappa shape index (κ1) is 21.2. The van der Waals surface area contributed by atoms with Crippen molar-refractivity contribution in [3.05, 3.63) is 0 Å². The zero-order chi connectivity index (χ0) is 19.8. The van der Waals surface area contributed by atoms with Crippen molar-refractivity contribution >= 4 is 0 Å². The molecule has 0 aromatic carbocycles. The van der Waals surface area contributed by atoms with Crippen LogP contribution in [0.4, 0.5) is 0 Å². The predicted molar refractivity (Wildman–Crippen MR) is 119 cm³/mol. The molecule has 0 aliphatic heterocycles. The third-order valence-electron chi connectivity index (χ3n) is 10.7. The Morgan fingerprint density at radius 3 is 2.29 bits per heavy atom. The Bertz CT molecular complexity index is 514. The average molecular weight is 389 g/mol. The fourth-order valence-electron chi connectivity index (χ4n) is 8.99. The Hall–Kier alpha value is -0.0400. The van der Waals surface area contributed by atoms with Crippen LogP contribution in [0.1, 0.15) is 124 Å². The van der Waals surface area contributed by atoms with Crippen molar-refractivity contribution in [2.75, 3.05) is 0 Å². The van der Waals surface area contributed by atoms with Gasteiger partial charge in [-0.15, -0.1) is 0 Å². The Labute approximate surface area is 175 Å². The van der Waals surface area contributed by atoms with Crippen LogP contribution in [0.25, 0.3) is 0 Å². The summed E-state index contributed by atoms with van der Waals surface area (Å²) in [4.78, 5) is 0. The Morgan fingerprint density at radius 1 is 0.750 bits per heavy atom. The van der Waals surface area contributed by atoms with Crippen LogP contribution < -0.4 is 0 Å². The van der Waals surface area contributed by atoms with E-state index in [-0.39, 0.29) is 6.10 Å². The van der Waals surface area contributed by atoms with Crippen molar-refractivity contribution in [1.82, 2.24) is 0 Å². The minimum atomic E-state index is -0.00308. The summed E-state index contributed by atoms with van der Waals surface area (Å²) in [5.74, 6) is 4.81. The van der Waals surface area contributed by atoms with Gasteiger partial charge in [0.05, 0.1) is 6.10 Å². The third kappa shape index (κ3) is 3.72. The third-order valence-corrected chi connectivity index (χ3v) is 10.7. The summed E-state index contributed by atoms with van der Waals surface area (Å²) in [5.41, 5.74) is 1.20. The molecule has 0 saturated heterocycles. The van der Waals surface area contributed by atoms with Crippen LogP contribution in [0.2, 0.25) is 0 Å². The smallest absolute Gasteiger partial charge is 0.0543 e. The minimum absolute atomic E-state index is 0.00308. The number of aliphatic hydroxyl groups is 1. The lowest BCUT2D eigenvalue weighted by atomic mass is 9.44. The molecule has 0 radical (unpaired) electrons. The second-order valence-corrected chi connectivity index (χ2v) is 12.0. The Kier molecular flexibility index (Phi) is 6.51. The normalized spacial score (nSPS) is 48.0. The van der Waals surface area contributed by atoms with Crippen LogP contribution in [-0.4, -0.2) is 11.2 Å². The zero-order valence-electron chi connectivity index (χ0n) is 19.2. The highest BCUT2D eigenvalue weighted by Crippen LogP contribution is 2.67. The van der Waals surface area contributed by atoms with Crippen molar-refractivity contribution in [3.63, 3.8) is 0 Å². The van der Waals surface area contributed by atoms with E-state index in [1.54, 1.807) is 0 Å². The topological polar surface area (TPSA) is 20.2 Å². The number of hydrogen-bond donors (Lipinski definition) is 1. The average Bonchev–Trinajstić information content (AvgIpc) is 3.01. The van der Waals surface area contributed by atoms with Crippen LogP contribution in [0, 0.1) is 40.4 Å². The fourth-order valence-corrected chi connectivity index (χ4v) is 8.99. The number of hydrogen-bond acceptors (Lipinski definition) is 1. The molecule has 4 saturated carbocycles. The molecular formula is C27H48O.